The molecular weight excluding hydrogens is 545 g/mol. The van der Waals surface area contributed by atoms with Crippen molar-refractivity contribution in [2.45, 2.75) is 70.7 Å². The van der Waals surface area contributed by atoms with Crippen LogP contribution in [-0.4, -0.2) is 39.5 Å². The van der Waals surface area contributed by atoms with Gasteiger partial charge in [0.05, 0.1) is 29.4 Å². The van der Waals surface area contributed by atoms with Crippen molar-refractivity contribution in [3.63, 3.8) is 0 Å². The third-order valence-electron chi connectivity index (χ3n) is 6.98. The summed E-state index contributed by atoms with van der Waals surface area (Å²) < 4.78 is 47.1. The zero-order valence-electron chi connectivity index (χ0n) is 22.2. The van der Waals surface area contributed by atoms with E-state index in [1.807, 2.05) is 30.3 Å². The standard InChI is InChI=1S/C30H32ClF3N2O4/c1-2-40-26(39)14-10-5-3-4-9-13-20-27-23(16-15-22-28(27)21(31)17-25(38)35-22)36(18-24(37)30(32,33)34)29(20)19-11-7-6-8-12-19/h6-8,11-12,15-17,24,37H,2-5,9-10,13-14,18H2,1H3,(H,35,38)/t24-/m1/s1. The number of nitrogens with zero attached hydrogens (tertiary/aromatic N) is 1. The molecule has 2 aromatic heterocycles. The number of benzene rings is 2. The van der Waals surface area contributed by atoms with Gasteiger partial charge in [0.15, 0.2) is 6.10 Å². The SMILES string of the molecule is CCOC(=O)CCCCCCCc1c(-c2ccccc2)n(C[C@@H](O)C(F)(F)F)c2ccc3[nH]c(=O)cc(Cl)c3c12. The number of carbonyl (C=O) groups excluding carboxylic acids is 1. The molecule has 2 aromatic carbocycles. The number of ether oxygens (including phenoxy) is 1. The zero-order chi connectivity index (χ0) is 28.9. The Bertz CT molecular complexity index is 1530. The van der Waals surface area contributed by atoms with Crippen LogP contribution in [0.4, 0.5) is 13.2 Å². The van der Waals surface area contributed by atoms with E-state index in [1.165, 1.54) is 10.6 Å². The van der Waals surface area contributed by atoms with Crippen LogP contribution in [0.3, 0.4) is 0 Å². The average molecular weight is 577 g/mol. The molecule has 0 saturated carbocycles. The lowest BCUT2D eigenvalue weighted by atomic mass is 9.97. The molecule has 40 heavy (non-hydrogen) atoms. The minimum atomic E-state index is -4.80. The number of esters is 1. The second-order valence-electron chi connectivity index (χ2n) is 9.80. The molecule has 1 atom stereocenters. The third kappa shape index (κ3) is 6.70. The van der Waals surface area contributed by atoms with Gasteiger partial charge >= 0.3 is 12.1 Å². The van der Waals surface area contributed by atoms with Gasteiger partial charge in [-0.25, -0.2) is 0 Å². The molecule has 0 aliphatic heterocycles. The summed E-state index contributed by atoms with van der Waals surface area (Å²) in [6.07, 6.45) is -2.36. The second kappa shape index (κ2) is 12.9. The maximum Gasteiger partial charge on any atom is 0.416 e. The molecule has 4 rings (SSSR count). The number of aromatic nitrogens is 2. The lowest BCUT2D eigenvalue weighted by Gasteiger charge is -2.19. The van der Waals surface area contributed by atoms with Crippen molar-refractivity contribution in [3.8, 4) is 11.3 Å². The van der Waals surface area contributed by atoms with Crippen molar-refractivity contribution in [3.05, 3.63) is 69.5 Å². The third-order valence-corrected chi connectivity index (χ3v) is 7.28. The first-order chi connectivity index (χ1) is 19.1. The number of pyridine rings is 1. The van der Waals surface area contributed by atoms with Gasteiger partial charge in [0.2, 0.25) is 5.56 Å². The summed E-state index contributed by atoms with van der Waals surface area (Å²) in [6.45, 7) is 1.45. The van der Waals surface area contributed by atoms with Crippen molar-refractivity contribution in [2.75, 3.05) is 6.61 Å². The Morgan fingerprint density at radius 1 is 1.05 bits per heavy atom. The first-order valence-electron chi connectivity index (χ1n) is 13.4. The van der Waals surface area contributed by atoms with Gasteiger partial charge in [0.25, 0.3) is 0 Å². The van der Waals surface area contributed by atoms with Gasteiger partial charge in [-0.15, -0.1) is 0 Å². The van der Waals surface area contributed by atoms with Gasteiger partial charge in [0, 0.05) is 28.8 Å². The number of aryl methyl sites for hydroxylation is 1. The Balaban J connectivity index is 1.76. The fraction of sp³-hybridized carbons (Fsp3) is 0.400. The van der Waals surface area contributed by atoms with Crippen molar-refractivity contribution in [1.82, 2.24) is 9.55 Å². The van der Waals surface area contributed by atoms with Crippen LogP contribution in [0, 0.1) is 0 Å². The van der Waals surface area contributed by atoms with Crippen molar-refractivity contribution in [2.24, 2.45) is 0 Å². The molecule has 0 fully saturated rings. The fourth-order valence-electron chi connectivity index (χ4n) is 5.20. The summed E-state index contributed by atoms with van der Waals surface area (Å²) in [4.78, 5) is 26.5. The summed E-state index contributed by atoms with van der Waals surface area (Å²) in [5.41, 5.74) is 2.70. The van der Waals surface area contributed by atoms with Crippen LogP contribution in [0.25, 0.3) is 33.1 Å². The largest absolute Gasteiger partial charge is 0.466 e. The molecule has 0 radical (unpaired) electrons. The monoisotopic (exact) mass is 576 g/mol. The summed E-state index contributed by atoms with van der Waals surface area (Å²) >= 11 is 6.57. The molecule has 0 amide bonds. The van der Waals surface area contributed by atoms with Crippen LogP contribution in [0.5, 0.6) is 0 Å². The number of hydrogen-bond acceptors (Lipinski definition) is 4. The number of nitrogens with one attached hydrogen (secondary N) is 1. The maximum absolute atomic E-state index is 13.5. The first kappa shape index (κ1) is 29.7. The van der Waals surface area contributed by atoms with Crippen LogP contribution in [0.1, 0.15) is 51.0 Å². The molecule has 6 nitrogen and oxygen atoms in total. The predicted octanol–water partition coefficient (Wildman–Crippen LogP) is 7.17. The average Bonchev–Trinajstić information content (AvgIpc) is 3.20. The maximum atomic E-state index is 13.5. The van der Waals surface area contributed by atoms with Crippen molar-refractivity contribution >= 4 is 39.4 Å². The number of halogens is 4. The lowest BCUT2D eigenvalue weighted by molar-refractivity contribution is -0.207. The number of rotatable bonds is 12. The van der Waals surface area contributed by atoms with E-state index in [-0.39, 0.29) is 16.6 Å². The molecule has 214 valence electrons. The highest BCUT2D eigenvalue weighted by atomic mass is 35.5. The number of unbranched alkanes of at least 4 members (excludes halogenated alkanes) is 4. The summed E-state index contributed by atoms with van der Waals surface area (Å²) in [5.74, 6) is -0.203. The summed E-state index contributed by atoms with van der Waals surface area (Å²) in [7, 11) is 0. The van der Waals surface area contributed by atoms with E-state index in [4.69, 9.17) is 16.3 Å². The van der Waals surface area contributed by atoms with Gasteiger partial charge in [-0.05, 0) is 49.4 Å². The Kier molecular flexibility index (Phi) is 9.58. The molecule has 0 bridgehead atoms. The molecule has 0 aliphatic rings. The van der Waals surface area contributed by atoms with Crippen molar-refractivity contribution < 1.29 is 27.8 Å². The number of aromatic amines is 1. The molecule has 4 aromatic rings. The van der Waals surface area contributed by atoms with E-state index >= 15 is 0 Å². The number of aliphatic hydroxyl groups excluding tert-OH is 1. The quantitative estimate of drug-likeness (QED) is 0.138. The Morgan fingerprint density at radius 3 is 2.45 bits per heavy atom. The molecule has 0 unspecified atom stereocenters. The van der Waals surface area contributed by atoms with Crippen LogP contribution in [0.15, 0.2) is 53.3 Å². The number of carbonyl (C=O) groups is 1. The topological polar surface area (TPSA) is 84.3 Å². The van der Waals surface area contributed by atoms with E-state index in [9.17, 15) is 27.9 Å². The molecule has 0 saturated heterocycles. The number of aliphatic hydroxyl groups is 1. The van der Waals surface area contributed by atoms with Crippen LogP contribution in [0.2, 0.25) is 5.02 Å². The number of H-pyrrole nitrogens is 1. The highest BCUT2D eigenvalue weighted by molar-refractivity contribution is 6.37. The highest BCUT2D eigenvalue weighted by Gasteiger charge is 2.39. The molecule has 10 heteroatoms. The van der Waals surface area contributed by atoms with Crippen LogP contribution >= 0.6 is 11.6 Å². The first-order valence-corrected chi connectivity index (χ1v) is 13.8. The van der Waals surface area contributed by atoms with E-state index < -0.39 is 18.8 Å². The molecular formula is C30H32ClF3N2O4. The minimum Gasteiger partial charge on any atom is -0.466 e. The van der Waals surface area contributed by atoms with E-state index in [2.05, 4.69) is 4.98 Å². The molecule has 0 spiro atoms. The van der Waals surface area contributed by atoms with Crippen LogP contribution < -0.4 is 5.56 Å². The number of hydrogen-bond donors (Lipinski definition) is 2. The normalized spacial score (nSPS) is 12.8. The number of fused-ring (bicyclic) bond motifs is 3. The van der Waals surface area contributed by atoms with Crippen molar-refractivity contribution in [1.29, 1.82) is 0 Å². The molecule has 2 N–H and O–H groups in total. The number of alkyl halides is 3. The smallest absolute Gasteiger partial charge is 0.416 e. The zero-order valence-corrected chi connectivity index (χ0v) is 22.9. The van der Waals surface area contributed by atoms with E-state index in [0.29, 0.717) is 52.5 Å². The van der Waals surface area contributed by atoms with Gasteiger partial charge in [-0.3, -0.25) is 9.59 Å². The highest BCUT2D eigenvalue weighted by Crippen LogP contribution is 2.41. The molecule has 0 aliphatic carbocycles. The van der Waals surface area contributed by atoms with Crippen LogP contribution in [-0.2, 0) is 22.5 Å². The molecule has 2 heterocycles. The Hall–Kier alpha value is -3.30. The fourth-order valence-corrected chi connectivity index (χ4v) is 5.50. The van der Waals surface area contributed by atoms with Gasteiger partial charge < -0.3 is 19.4 Å². The minimum absolute atomic E-state index is 0.203. The summed E-state index contributed by atoms with van der Waals surface area (Å²) in [6, 6.07) is 13.7. The van der Waals surface area contributed by atoms with Gasteiger partial charge in [-0.1, -0.05) is 61.2 Å². The van der Waals surface area contributed by atoms with E-state index in [1.54, 1.807) is 19.1 Å². The lowest BCUT2D eigenvalue weighted by Crippen LogP contribution is -2.33. The van der Waals surface area contributed by atoms with Gasteiger partial charge in [0.1, 0.15) is 0 Å². The second-order valence-corrected chi connectivity index (χ2v) is 10.2. The predicted molar refractivity (Wildman–Crippen MR) is 151 cm³/mol. The Morgan fingerprint density at radius 2 is 1.75 bits per heavy atom. The summed E-state index contributed by atoms with van der Waals surface area (Å²) in [5, 5.41) is 11.5. The van der Waals surface area contributed by atoms with E-state index in [0.717, 1.165) is 37.7 Å². The van der Waals surface area contributed by atoms with Gasteiger partial charge in [-0.2, -0.15) is 13.2 Å². The Labute approximate surface area is 234 Å².